The second kappa shape index (κ2) is 2.85. The van der Waals surface area contributed by atoms with Crippen LogP contribution in [0.15, 0.2) is 53.1 Å². The van der Waals surface area contributed by atoms with Gasteiger partial charge in [0.25, 0.3) is 0 Å². The van der Waals surface area contributed by atoms with Gasteiger partial charge in [-0.2, -0.15) is 0 Å². The Balaban J connectivity index is 2.66. The molecule has 0 aliphatic heterocycles. The largest absolute Gasteiger partial charge is 0.315 e. The van der Waals surface area contributed by atoms with Crippen molar-refractivity contribution in [3.05, 3.63) is 53.1 Å². The van der Waals surface area contributed by atoms with Crippen LogP contribution in [-0.4, -0.2) is 4.40 Å². The molecule has 0 saturated carbocycles. The van der Waals surface area contributed by atoms with Crippen LogP contribution in [0.3, 0.4) is 0 Å². The molecular formula is C12H8BrN. The summed E-state index contributed by atoms with van der Waals surface area (Å²) in [7, 11) is 0. The second-order valence-electron chi connectivity index (χ2n) is 3.31. The highest BCUT2D eigenvalue weighted by Crippen LogP contribution is 2.25. The molecule has 3 rings (SSSR count). The van der Waals surface area contributed by atoms with Crippen LogP contribution >= 0.6 is 15.9 Å². The van der Waals surface area contributed by atoms with Crippen molar-refractivity contribution in [3.63, 3.8) is 0 Å². The molecule has 14 heavy (non-hydrogen) atoms. The summed E-state index contributed by atoms with van der Waals surface area (Å²) in [4.78, 5) is 0. The Hall–Kier alpha value is -1.28. The Labute approximate surface area is 90.1 Å². The smallest absolute Gasteiger partial charge is 0.0598 e. The Morgan fingerprint density at radius 3 is 2.64 bits per heavy atom. The normalized spacial score (nSPS) is 11.2. The number of benzene rings is 1. The van der Waals surface area contributed by atoms with Gasteiger partial charge in [-0.25, -0.2) is 0 Å². The summed E-state index contributed by atoms with van der Waals surface area (Å²) in [6.45, 7) is 0. The van der Waals surface area contributed by atoms with Gasteiger partial charge >= 0.3 is 0 Å². The van der Waals surface area contributed by atoms with Crippen LogP contribution < -0.4 is 0 Å². The highest BCUT2D eigenvalue weighted by molar-refractivity contribution is 9.10. The van der Waals surface area contributed by atoms with Crippen LogP contribution in [0.5, 0.6) is 0 Å². The van der Waals surface area contributed by atoms with Crippen molar-refractivity contribution >= 4 is 32.3 Å². The van der Waals surface area contributed by atoms with Gasteiger partial charge in [0.2, 0.25) is 0 Å². The molecule has 3 aromatic rings. The van der Waals surface area contributed by atoms with E-state index in [1.807, 2.05) is 0 Å². The molecule has 0 saturated heterocycles. The van der Waals surface area contributed by atoms with Gasteiger partial charge in [0, 0.05) is 10.7 Å². The minimum Gasteiger partial charge on any atom is -0.315 e. The quantitative estimate of drug-likeness (QED) is 0.567. The molecule has 0 spiro atoms. The summed E-state index contributed by atoms with van der Waals surface area (Å²) in [6, 6.07) is 14.7. The van der Waals surface area contributed by atoms with E-state index in [0.29, 0.717) is 0 Å². The topological polar surface area (TPSA) is 4.41 Å². The van der Waals surface area contributed by atoms with Crippen molar-refractivity contribution in [3.8, 4) is 0 Å². The van der Waals surface area contributed by atoms with E-state index in [1.54, 1.807) is 0 Å². The number of hydrogen-bond donors (Lipinski definition) is 0. The van der Waals surface area contributed by atoms with E-state index in [-0.39, 0.29) is 0 Å². The number of hydrogen-bond acceptors (Lipinski definition) is 0. The summed E-state index contributed by atoms with van der Waals surface area (Å²) in [6.07, 6.45) is 2.09. The monoisotopic (exact) mass is 245 g/mol. The van der Waals surface area contributed by atoms with Gasteiger partial charge in [0.05, 0.1) is 11.0 Å². The predicted octanol–water partition coefficient (Wildman–Crippen LogP) is 3.86. The molecule has 2 heterocycles. The maximum absolute atomic E-state index is 3.58. The fourth-order valence-corrected chi connectivity index (χ4v) is 2.39. The first-order valence-corrected chi connectivity index (χ1v) is 5.30. The molecule has 0 atom stereocenters. The van der Waals surface area contributed by atoms with Gasteiger partial charge in [-0.1, -0.05) is 18.2 Å². The summed E-state index contributed by atoms with van der Waals surface area (Å²) in [5, 5.41) is 1.25. The Morgan fingerprint density at radius 1 is 0.929 bits per heavy atom. The summed E-state index contributed by atoms with van der Waals surface area (Å²) in [5.74, 6) is 0. The highest BCUT2D eigenvalue weighted by atomic mass is 79.9. The van der Waals surface area contributed by atoms with E-state index in [4.69, 9.17) is 0 Å². The third-order valence-corrected chi connectivity index (χ3v) is 3.11. The summed E-state index contributed by atoms with van der Waals surface area (Å²) >= 11 is 3.58. The lowest BCUT2D eigenvalue weighted by Crippen LogP contribution is -1.86. The molecular weight excluding hydrogens is 238 g/mol. The summed E-state index contributed by atoms with van der Waals surface area (Å²) < 4.78 is 3.33. The highest BCUT2D eigenvalue weighted by Gasteiger charge is 2.02. The molecule has 68 valence electrons. The fourth-order valence-electron chi connectivity index (χ4n) is 1.83. The van der Waals surface area contributed by atoms with E-state index in [9.17, 15) is 0 Å². The van der Waals surface area contributed by atoms with E-state index in [0.717, 1.165) is 4.47 Å². The molecule has 2 heteroatoms. The Kier molecular flexibility index (Phi) is 1.64. The van der Waals surface area contributed by atoms with Crippen molar-refractivity contribution in [2.24, 2.45) is 0 Å². The van der Waals surface area contributed by atoms with Gasteiger partial charge in [0.15, 0.2) is 0 Å². The number of para-hydroxylation sites is 1. The first-order valence-electron chi connectivity index (χ1n) is 4.50. The first kappa shape index (κ1) is 8.06. The van der Waals surface area contributed by atoms with Crippen molar-refractivity contribution in [1.82, 2.24) is 4.40 Å². The zero-order chi connectivity index (χ0) is 9.54. The molecule has 2 aromatic heterocycles. The number of fused-ring (bicyclic) bond motifs is 3. The minimum atomic E-state index is 1.14. The molecule has 0 fully saturated rings. The number of aromatic nitrogens is 1. The zero-order valence-corrected chi connectivity index (χ0v) is 9.03. The maximum atomic E-state index is 3.58. The van der Waals surface area contributed by atoms with E-state index < -0.39 is 0 Å². The Bertz CT molecular complexity index is 610. The third kappa shape index (κ3) is 1.01. The predicted molar refractivity (Wildman–Crippen MR) is 62.6 cm³/mol. The van der Waals surface area contributed by atoms with Crippen LogP contribution in [0, 0.1) is 0 Å². The molecule has 0 amide bonds. The number of pyridine rings is 1. The van der Waals surface area contributed by atoms with Crippen LogP contribution in [-0.2, 0) is 0 Å². The van der Waals surface area contributed by atoms with Crippen LogP contribution in [0.1, 0.15) is 0 Å². The molecule has 0 N–H and O–H groups in total. The second-order valence-corrected chi connectivity index (χ2v) is 4.17. The van der Waals surface area contributed by atoms with Crippen LogP contribution in [0.2, 0.25) is 0 Å². The fraction of sp³-hybridized carbons (Fsp3) is 0. The van der Waals surface area contributed by atoms with Gasteiger partial charge in [-0.05, 0) is 45.6 Å². The van der Waals surface area contributed by atoms with Crippen molar-refractivity contribution < 1.29 is 0 Å². The molecule has 0 aliphatic rings. The lowest BCUT2D eigenvalue weighted by atomic mass is 10.2. The van der Waals surface area contributed by atoms with E-state index in [1.165, 1.54) is 16.4 Å². The van der Waals surface area contributed by atoms with Crippen LogP contribution in [0.25, 0.3) is 16.4 Å². The maximum Gasteiger partial charge on any atom is 0.0598 e. The third-order valence-electron chi connectivity index (χ3n) is 2.47. The van der Waals surface area contributed by atoms with Gasteiger partial charge in [0.1, 0.15) is 0 Å². The lowest BCUT2D eigenvalue weighted by molar-refractivity contribution is 1.27. The molecule has 0 aliphatic carbocycles. The average molecular weight is 246 g/mol. The standard InChI is InChI=1S/C12H8BrN/c13-10-8-9-4-1-2-5-11(9)14-7-3-6-12(10)14/h1-8H. The number of rotatable bonds is 0. The van der Waals surface area contributed by atoms with Gasteiger partial charge < -0.3 is 4.40 Å². The van der Waals surface area contributed by atoms with Crippen molar-refractivity contribution in [2.45, 2.75) is 0 Å². The SMILES string of the molecule is Brc1cc2ccccc2n2cccc12. The minimum absolute atomic E-state index is 1.14. The Morgan fingerprint density at radius 2 is 1.71 bits per heavy atom. The molecule has 1 nitrogen and oxygen atoms in total. The van der Waals surface area contributed by atoms with Gasteiger partial charge in [-0.3, -0.25) is 0 Å². The molecule has 0 bridgehead atoms. The average Bonchev–Trinajstić information content (AvgIpc) is 2.67. The van der Waals surface area contributed by atoms with E-state index >= 15 is 0 Å². The lowest BCUT2D eigenvalue weighted by Gasteiger charge is -2.04. The van der Waals surface area contributed by atoms with Crippen LogP contribution in [0.4, 0.5) is 0 Å². The number of halogens is 1. The van der Waals surface area contributed by atoms with Crippen molar-refractivity contribution in [2.75, 3.05) is 0 Å². The molecule has 0 unspecified atom stereocenters. The summed E-state index contributed by atoms with van der Waals surface area (Å²) in [5.41, 5.74) is 2.46. The van der Waals surface area contributed by atoms with Crippen molar-refractivity contribution in [1.29, 1.82) is 0 Å². The zero-order valence-electron chi connectivity index (χ0n) is 7.44. The molecule has 1 aromatic carbocycles. The van der Waals surface area contributed by atoms with Gasteiger partial charge in [-0.15, -0.1) is 0 Å². The first-order chi connectivity index (χ1) is 6.86. The number of nitrogens with zero attached hydrogens (tertiary/aromatic N) is 1. The molecule has 0 radical (unpaired) electrons. The van der Waals surface area contributed by atoms with E-state index in [2.05, 4.69) is 69.0 Å².